The largest absolute Gasteiger partial charge is 0.356 e. The van der Waals surface area contributed by atoms with Crippen molar-refractivity contribution in [3.05, 3.63) is 24.5 Å². The van der Waals surface area contributed by atoms with E-state index in [4.69, 9.17) is 4.98 Å². The summed E-state index contributed by atoms with van der Waals surface area (Å²) in [4.78, 5) is 37.2. The predicted molar refractivity (Wildman–Crippen MR) is 127 cm³/mol. The lowest BCUT2D eigenvalue weighted by atomic mass is 10.1. The van der Waals surface area contributed by atoms with Crippen LogP contribution in [0.25, 0.3) is 22.6 Å². The van der Waals surface area contributed by atoms with Crippen LogP contribution >= 0.6 is 0 Å². The van der Waals surface area contributed by atoms with E-state index in [1.54, 1.807) is 17.3 Å². The van der Waals surface area contributed by atoms with E-state index in [1.165, 1.54) is 6.33 Å². The molecule has 5 rings (SSSR count). The fourth-order valence-corrected chi connectivity index (χ4v) is 7.12. The Morgan fingerprint density at radius 1 is 1.18 bits per heavy atom. The first-order valence-corrected chi connectivity index (χ1v) is 13.3. The first-order valence-electron chi connectivity index (χ1n) is 11.6. The maximum Gasteiger partial charge on any atom is 0.245 e. The number of nitrogens with one attached hydrogen (secondary N) is 1. The van der Waals surface area contributed by atoms with Crippen LogP contribution in [0.5, 0.6) is 0 Å². The molecule has 0 saturated carbocycles. The van der Waals surface area contributed by atoms with Crippen LogP contribution < -0.4 is 5.32 Å². The summed E-state index contributed by atoms with van der Waals surface area (Å²) in [7, 11) is -3.10. The van der Waals surface area contributed by atoms with Crippen molar-refractivity contribution < 1.29 is 13.2 Å². The summed E-state index contributed by atoms with van der Waals surface area (Å²) in [5.74, 6) is 1.98. The van der Waals surface area contributed by atoms with E-state index in [0.29, 0.717) is 54.6 Å². The molecule has 0 aliphatic carbocycles. The molecule has 0 spiro atoms. The van der Waals surface area contributed by atoms with Crippen LogP contribution in [0, 0.1) is 12.8 Å². The summed E-state index contributed by atoms with van der Waals surface area (Å²) in [5, 5.41) is 2.83. The van der Waals surface area contributed by atoms with Crippen molar-refractivity contribution in [3.8, 4) is 11.4 Å². The van der Waals surface area contributed by atoms with Gasteiger partial charge in [0.15, 0.2) is 26.8 Å². The number of nitrogens with zero attached hydrogens (tertiary/aromatic N) is 7. The van der Waals surface area contributed by atoms with Gasteiger partial charge in [-0.25, -0.2) is 33.3 Å². The van der Waals surface area contributed by atoms with Crippen molar-refractivity contribution in [2.75, 3.05) is 24.2 Å². The van der Waals surface area contributed by atoms with Gasteiger partial charge in [-0.2, -0.15) is 0 Å². The van der Waals surface area contributed by atoms with E-state index in [1.807, 2.05) is 25.3 Å². The highest BCUT2D eigenvalue weighted by Gasteiger charge is 2.48. The van der Waals surface area contributed by atoms with Crippen molar-refractivity contribution in [1.82, 2.24) is 34.4 Å². The smallest absolute Gasteiger partial charge is 0.245 e. The van der Waals surface area contributed by atoms with Gasteiger partial charge in [0.1, 0.15) is 24.0 Å². The number of aryl methyl sites for hydroxylation is 2. The van der Waals surface area contributed by atoms with Crippen LogP contribution in [0.4, 0.5) is 5.82 Å². The van der Waals surface area contributed by atoms with Crippen LogP contribution in [0.3, 0.4) is 0 Å². The summed E-state index contributed by atoms with van der Waals surface area (Å²) in [6.07, 6.45) is 6.07. The van der Waals surface area contributed by atoms with Gasteiger partial charge < -0.3 is 14.8 Å². The molecule has 3 atom stereocenters. The molecule has 5 heterocycles. The van der Waals surface area contributed by atoms with Gasteiger partial charge in [-0.05, 0) is 32.6 Å². The van der Waals surface area contributed by atoms with Crippen LogP contribution in [-0.4, -0.2) is 78.8 Å². The van der Waals surface area contributed by atoms with Gasteiger partial charge in [-0.1, -0.05) is 6.92 Å². The van der Waals surface area contributed by atoms with Gasteiger partial charge in [0.25, 0.3) is 0 Å². The number of carbonyl (C=O) groups is 1. The Morgan fingerprint density at radius 2 is 1.94 bits per heavy atom. The Balaban J connectivity index is 1.43. The molecular weight excluding hydrogens is 456 g/mol. The van der Waals surface area contributed by atoms with Gasteiger partial charge >= 0.3 is 0 Å². The van der Waals surface area contributed by atoms with Crippen LogP contribution in [0.2, 0.25) is 0 Å². The van der Waals surface area contributed by atoms with Gasteiger partial charge in [0.2, 0.25) is 5.91 Å². The van der Waals surface area contributed by atoms with Crippen molar-refractivity contribution >= 4 is 32.7 Å². The highest BCUT2D eigenvalue weighted by molar-refractivity contribution is 7.92. The average molecular weight is 485 g/mol. The number of amides is 1. The van der Waals surface area contributed by atoms with Crippen LogP contribution in [-0.2, 0) is 21.2 Å². The van der Waals surface area contributed by atoms with Crippen molar-refractivity contribution in [1.29, 1.82) is 0 Å². The fraction of sp³-hybridized carbons (Fsp3) is 0.545. The standard InChI is InChI=1S/C22H28N8O3S/c1-4-16(22(31)29-10-14-6-7-34(32,33)17(14)11-29)27-19-18-21(26-12-25-19)30(5-2)20(28-18)15-8-23-13(3)24-9-15/h8-9,12,14,16-17H,4-7,10-11H2,1-3H3,(H,25,26,27)/t14-,16?,17+/m0/s1. The topological polar surface area (TPSA) is 136 Å². The zero-order valence-electron chi connectivity index (χ0n) is 19.5. The number of likely N-dealkylation sites (tertiary alicyclic amines) is 1. The predicted octanol–water partition coefficient (Wildman–Crippen LogP) is 1.45. The number of hydrogen-bond donors (Lipinski definition) is 1. The van der Waals surface area contributed by atoms with E-state index in [2.05, 4.69) is 25.3 Å². The molecule has 1 N–H and O–H groups in total. The summed E-state index contributed by atoms with van der Waals surface area (Å²) in [5.41, 5.74) is 1.98. The van der Waals surface area contributed by atoms with Crippen molar-refractivity contribution in [3.63, 3.8) is 0 Å². The fourth-order valence-electron chi connectivity index (χ4n) is 4.97. The quantitative estimate of drug-likeness (QED) is 0.551. The number of sulfone groups is 1. The summed E-state index contributed by atoms with van der Waals surface area (Å²) in [6, 6.07) is -0.544. The van der Waals surface area contributed by atoms with E-state index < -0.39 is 21.1 Å². The summed E-state index contributed by atoms with van der Waals surface area (Å²) >= 11 is 0. The minimum absolute atomic E-state index is 0.0387. The van der Waals surface area contributed by atoms with Gasteiger partial charge in [-0.15, -0.1) is 0 Å². The van der Waals surface area contributed by atoms with Gasteiger partial charge in [-0.3, -0.25) is 4.79 Å². The van der Waals surface area contributed by atoms with Crippen molar-refractivity contribution in [2.24, 2.45) is 5.92 Å². The number of carbonyl (C=O) groups excluding carboxylic acids is 1. The normalized spacial score (nSPS) is 22.1. The first kappa shape index (κ1) is 22.6. The average Bonchev–Trinajstić information content (AvgIpc) is 3.50. The Labute approximate surface area is 198 Å². The number of rotatable bonds is 6. The molecule has 3 aromatic heterocycles. The van der Waals surface area contributed by atoms with Crippen molar-refractivity contribution in [2.45, 2.75) is 51.4 Å². The second-order valence-corrected chi connectivity index (χ2v) is 11.2. The van der Waals surface area contributed by atoms with E-state index in [9.17, 15) is 13.2 Å². The molecule has 0 aromatic carbocycles. The molecule has 2 fully saturated rings. The lowest BCUT2D eigenvalue weighted by Gasteiger charge is -2.24. The number of fused-ring (bicyclic) bond motifs is 2. The molecule has 0 bridgehead atoms. The molecule has 180 valence electrons. The Hall–Kier alpha value is -3.15. The second kappa shape index (κ2) is 8.57. The third kappa shape index (κ3) is 3.79. The molecule has 0 radical (unpaired) electrons. The summed E-state index contributed by atoms with van der Waals surface area (Å²) in [6.45, 7) is 7.14. The lowest BCUT2D eigenvalue weighted by Crippen LogP contribution is -2.42. The molecule has 1 unspecified atom stereocenters. The maximum atomic E-state index is 13.3. The highest BCUT2D eigenvalue weighted by atomic mass is 32.2. The highest BCUT2D eigenvalue weighted by Crippen LogP contribution is 2.34. The zero-order valence-corrected chi connectivity index (χ0v) is 20.3. The monoisotopic (exact) mass is 484 g/mol. The zero-order chi connectivity index (χ0) is 24.0. The number of imidazole rings is 1. The number of anilines is 1. The molecule has 3 aromatic rings. The minimum Gasteiger partial charge on any atom is -0.356 e. The SMILES string of the molecule is CCC(Nc1ncnc2c1nc(-c1cnc(C)nc1)n2CC)C(=O)N1C[C@@H]2CCS(=O)(=O)[C@@H]2C1. The summed E-state index contributed by atoms with van der Waals surface area (Å²) < 4.78 is 26.6. The molecule has 2 aliphatic rings. The Morgan fingerprint density at radius 3 is 2.62 bits per heavy atom. The maximum absolute atomic E-state index is 13.3. The van der Waals surface area contributed by atoms with Gasteiger partial charge in [0.05, 0.1) is 16.6 Å². The Kier molecular flexibility index (Phi) is 5.70. The first-order chi connectivity index (χ1) is 16.3. The molecule has 34 heavy (non-hydrogen) atoms. The molecule has 11 nitrogen and oxygen atoms in total. The molecule has 2 aliphatic heterocycles. The van der Waals surface area contributed by atoms with Gasteiger partial charge in [0, 0.05) is 32.0 Å². The second-order valence-electron chi connectivity index (χ2n) is 8.90. The minimum atomic E-state index is -3.10. The van der Waals surface area contributed by atoms with Crippen LogP contribution in [0.15, 0.2) is 18.7 Å². The van der Waals surface area contributed by atoms with E-state index >= 15 is 0 Å². The van der Waals surface area contributed by atoms with E-state index in [0.717, 1.165) is 5.56 Å². The Bertz CT molecular complexity index is 1340. The molecule has 12 heteroatoms. The number of hydrogen-bond acceptors (Lipinski definition) is 9. The third-order valence-corrected chi connectivity index (χ3v) is 9.09. The lowest BCUT2D eigenvalue weighted by molar-refractivity contribution is -0.131. The van der Waals surface area contributed by atoms with Crippen LogP contribution in [0.1, 0.15) is 32.5 Å². The molecule has 2 saturated heterocycles. The third-order valence-electron chi connectivity index (χ3n) is 6.83. The number of aromatic nitrogens is 6. The van der Waals surface area contributed by atoms with E-state index in [-0.39, 0.29) is 24.1 Å². The molecular formula is C22H28N8O3S. The molecule has 1 amide bonds.